The molecular weight excluding hydrogens is 315 g/mol. The summed E-state index contributed by atoms with van der Waals surface area (Å²) in [6.45, 7) is 0.239. The van der Waals surface area contributed by atoms with E-state index >= 15 is 0 Å². The molecule has 0 unspecified atom stereocenters. The number of rotatable bonds is 3. The molecule has 120 valence electrons. The van der Waals surface area contributed by atoms with Gasteiger partial charge in [0, 0.05) is 33.1 Å². The van der Waals surface area contributed by atoms with Crippen molar-refractivity contribution in [2.75, 3.05) is 26.7 Å². The molecule has 1 aliphatic heterocycles. The molecule has 0 saturated carbocycles. The number of sulfonamides is 1. The highest BCUT2D eigenvalue weighted by molar-refractivity contribution is 7.89. The second-order valence-corrected chi connectivity index (χ2v) is 6.83. The molecule has 2 rings (SSSR count). The van der Waals surface area contributed by atoms with Gasteiger partial charge < -0.3 is 10.0 Å². The first-order chi connectivity index (χ1) is 10.2. The van der Waals surface area contributed by atoms with Crippen molar-refractivity contribution in [3.8, 4) is 0 Å². The van der Waals surface area contributed by atoms with Crippen molar-refractivity contribution in [2.45, 2.75) is 11.3 Å². The molecule has 22 heavy (non-hydrogen) atoms. The third kappa shape index (κ3) is 3.09. The van der Waals surface area contributed by atoms with Gasteiger partial charge in [-0.05, 0) is 18.2 Å². The Balaban J connectivity index is 2.34. The summed E-state index contributed by atoms with van der Waals surface area (Å²) >= 11 is 0. The molecule has 0 atom stereocenters. The van der Waals surface area contributed by atoms with Crippen molar-refractivity contribution >= 4 is 21.9 Å². The van der Waals surface area contributed by atoms with Crippen molar-refractivity contribution in [3.05, 3.63) is 29.6 Å². The third-order valence-electron chi connectivity index (χ3n) is 3.48. The lowest BCUT2D eigenvalue weighted by atomic mass is 10.2. The third-order valence-corrected chi connectivity index (χ3v) is 5.41. The van der Waals surface area contributed by atoms with Crippen LogP contribution in [0.1, 0.15) is 16.8 Å². The maximum Gasteiger partial charge on any atom is 0.335 e. The Kier molecular flexibility index (Phi) is 4.47. The lowest BCUT2D eigenvalue weighted by Gasteiger charge is -2.20. The van der Waals surface area contributed by atoms with Crippen LogP contribution in [0.2, 0.25) is 0 Å². The number of aromatic carboxylic acids is 1. The van der Waals surface area contributed by atoms with E-state index in [0.717, 1.165) is 16.4 Å². The van der Waals surface area contributed by atoms with Gasteiger partial charge in [-0.25, -0.2) is 17.6 Å². The number of carbonyl (C=O) groups excluding carboxylic acids is 1. The monoisotopic (exact) mass is 330 g/mol. The van der Waals surface area contributed by atoms with Gasteiger partial charge in [-0.2, -0.15) is 4.31 Å². The second kappa shape index (κ2) is 6.01. The molecule has 0 aliphatic carbocycles. The Morgan fingerprint density at radius 2 is 1.95 bits per heavy atom. The van der Waals surface area contributed by atoms with Crippen LogP contribution in [0.4, 0.5) is 4.39 Å². The minimum atomic E-state index is -4.12. The number of amides is 1. The zero-order valence-corrected chi connectivity index (χ0v) is 12.6. The van der Waals surface area contributed by atoms with E-state index in [9.17, 15) is 22.4 Å². The summed E-state index contributed by atoms with van der Waals surface area (Å²) in [5, 5.41) is 8.78. The van der Waals surface area contributed by atoms with Gasteiger partial charge in [-0.1, -0.05) is 0 Å². The van der Waals surface area contributed by atoms with Gasteiger partial charge in [0.1, 0.15) is 10.7 Å². The Labute approximate surface area is 127 Å². The molecule has 0 radical (unpaired) electrons. The molecule has 0 aromatic heterocycles. The first kappa shape index (κ1) is 16.4. The molecule has 1 N–H and O–H groups in total. The predicted molar refractivity (Wildman–Crippen MR) is 74.4 cm³/mol. The van der Waals surface area contributed by atoms with Crippen LogP contribution in [0.5, 0.6) is 0 Å². The van der Waals surface area contributed by atoms with Crippen LogP contribution in [0.15, 0.2) is 23.1 Å². The van der Waals surface area contributed by atoms with Crippen LogP contribution in [0, 0.1) is 5.82 Å². The fraction of sp³-hybridized carbons (Fsp3) is 0.385. The SMILES string of the molecule is CN1CCN(S(=O)(=O)c2ccc(C(=O)O)cc2F)CCC1=O. The van der Waals surface area contributed by atoms with Gasteiger partial charge in [0.15, 0.2) is 0 Å². The average molecular weight is 330 g/mol. The van der Waals surface area contributed by atoms with Crippen molar-refractivity contribution in [3.63, 3.8) is 0 Å². The highest BCUT2D eigenvalue weighted by Crippen LogP contribution is 2.22. The van der Waals surface area contributed by atoms with E-state index in [1.165, 1.54) is 4.90 Å². The van der Waals surface area contributed by atoms with Gasteiger partial charge >= 0.3 is 5.97 Å². The number of hydrogen-bond donors (Lipinski definition) is 1. The number of nitrogens with zero attached hydrogens (tertiary/aromatic N) is 2. The van der Waals surface area contributed by atoms with Gasteiger partial charge in [-0.15, -0.1) is 0 Å². The standard InChI is InChI=1S/C13H15FN2O5S/c1-15-6-7-16(5-4-12(15)17)22(20,21)11-3-2-9(13(18)19)8-10(11)14/h2-3,8H,4-7H2,1H3,(H,18,19). The Morgan fingerprint density at radius 1 is 1.27 bits per heavy atom. The smallest absolute Gasteiger partial charge is 0.335 e. The summed E-state index contributed by atoms with van der Waals surface area (Å²) in [4.78, 5) is 23.2. The average Bonchev–Trinajstić information content (AvgIpc) is 2.61. The Bertz CT molecular complexity index is 719. The topological polar surface area (TPSA) is 95.0 Å². The van der Waals surface area contributed by atoms with Gasteiger partial charge in [0.2, 0.25) is 15.9 Å². The molecule has 1 amide bonds. The van der Waals surface area contributed by atoms with Crippen molar-refractivity contribution in [2.24, 2.45) is 0 Å². The highest BCUT2D eigenvalue weighted by Gasteiger charge is 2.30. The van der Waals surface area contributed by atoms with Crippen LogP contribution < -0.4 is 0 Å². The van der Waals surface area contributed by atoms with E-state index in [-0.39, 0.29) is 37.5 Å². The summed E-state index contributed by atoms with van der Waals surface area (Å²) in [6.07, 6.45) is 0.0184. The lowest BCUT2D eigenvalue weighted by Crippen LogP contribution is -2.35. The molecular formula is C13H15FN2O5S. The van der Waals surface area contributed by atoms with Crippen LogP contribution in [0.3, 0.4) is 0 Å². The zero-order chi connectivity index (χ0) is 16.5. The van der Waals surface area contributed by atoms with E-state index in [4.69, 9.17) is 5.11 Å². The number of likely N-dealkylation sites (N-methyl/N-ethyl adjacent to an activating group) is 1. The number of carboxylic acids is 1. The van der Waals surface area contributed by atoms with E-state index in [1.807, 2.05) is 0 Å². The first-order valence-electron chi connectivity index (χ1n) is 6.50. The largest absolute Gasteiger partial charge is 0.478 e. The molecule has 0 spiro atoms. The molecule has 1 heterocycles. The molecule has 9 heteroatoms. The van der Waals surface area contributed by atoms with Crippen molar-refractivity contribution in [1.29, 1.82) is 0 Å². The summed E-state index contributed by atoms with van der Waals surface area (Å²) in [5.74, 6) is -2.65. The van der Waals surface area contributed by atoms with Crippen LogP contribution >= 0.6 is 0 Å². The molecule has 0 bridgehead atoms. The number of carbonyl (C=O) groups is 2. The number of hydrogen-bond acceptors (Lipinski definition) is 4. The fourth-order valence-corrected chi connectivity index (χ4v) is 3.61. The summed E-state index contributed by atoms with van der Waals surface area (Å²) in [5.41, 5.74) is -0.331. The Hall–Kier alpha value is -2.00. The summed E-state index contributed by atoms with van der Waals surface area (Å²) in [7, 11) is -2.55. The van der Waals surface area contributed by atoms with E-state index in [2.05, 4.69) is 0 Å². The second-order valence-electron chi connectivity index (χ2n) is 4.92. The van der Waals surface area contributed by atoms with Crippen molar-refractivity contribution < 1.29 is 27.5 Å². The predicted octanol–water partition coefficient (Wildman–Crippen LogP) is 0.377. The highest BCUT2D eigenvalue weighted by atomic mass is 32.2. The number of benzene rings is 1. The van der Waals surface area contributed by atoms with E-state index in [0.29, 0.717) is 6.07 Å². The number of halogens is 1. The minimum absolute atomic E-state index is 0.0184. The molecule has 1 aromatic carbocycles. The number of carboxylic acid groups (broad SMARTS) is 1. The molecule has 1 aromatic rings. The van der Waals surface area contributed by atoms with Gasteiger partial charge in [0.05, 0.1) is 5.56 Å². The Morgan fingerprint density at radius 3 is 2.55 bits per heavy atom. The lowest BCUT2D eigenvalue weighted by molar-refractivity contribution is -0.129. The van der Waals surface area contributed by atoms with Crippen molar-refractivity contribution in [1.82, 2.24) is 9.21 Å². The van der Waals surface area contributed by atoms with Gasteiger partial charge in [-0.3, -0.25) is 4.79 Å². The minimum Gasteiger partial charge on any atom is -0.478 e. The molecule has 1 aliphatic rings. The van der Waals surface area contributed by atoms with Crippen LogP contribution in [-0.4, -0.2) is 61.3 Å². The fourth-order valence-electron chi connectivity index (χ4n) is 2.13. The molecule has 1 saturated heterocycles. The zero-order valence-electron chi connectivity index (χ0n) is 11.8. The quantitative estimate of drug-likeness (QED) is 0.864. The molecule has 7 nitrogen and oxygen atoms in total. The van der Waals surface area contributed by atoms with Gasteiger partial charge in [0.25, 0.3) is 0 Å². The summed E-state index contributed by atoms with van der Waals surface area (Å²) in [6, 6.07) is 2.64. The normalized spacial score (nSPS) is 17.4. The van der Waals surface area contributed by atoms with Crippen LogP contribution in [-0.2, 0) is 14.8 Å². The molecule has 1 fully saturated rings. The summed E-state index contributed by atoms with van der Waals surface area (Å²) < 4.78 is 39.9. The van der Waals surface area contributed by atoms with Crippen LogP contribution in [0.25, 0.3) is 0 Å². The van der Waals surface area contributed by atoms with E-state index < -0.39 is 26.7 Å². The first-order valence-corrected chi connectivity index (χ1v) is 7.94. The maximum atomic E-state index is 14.0. The maximum absolute atomic E-state index is 14.0. The van der Waals surface area contributed by atoms with E-state index in [1.54, 1.807) is 7.05 Å².